The quantitative estimate of drug-likeness (QED) is 0.628. The largest absolute Gasteiger partial charge is 0.394 e. The van der Waals surface area contributed by atoms with Gasteiger partial charge in [0.25, 0.3) is 5.88 Å². The molecule has 0 saturated carbocycles. The lowest BCUT2D eigenvalue weighted by Crippen LogP contribution is -2.17. The van der Waals surface area contributed by atoms with E-state index in [4.69, 9.17) is 21.5 Å². The third-order valence-electron chi connectivity index (χ3n) is 3.13. The second kappa shape index (κ2) is 4.81. The molecule has 5 N–H and O–H groups in total. The number of rotatable bonds is 3. The van der Waals surface area contributed by atoms with E-state index in [2.05, 4.69) is 19.8 Å². The van der Waals surface area contributed by atoms with Gasteiger partial charge in [0.15, 0.2) is 17.4 Å². The number of nitrogens with two attached hydrogens (primary N) is 2. The zero-order valence-corrected chi connectivity index (χ0v) is 10.3. The van der Waals surface area contributed by atoms with Crippen molar-refractivity contribution in [3.05, 3.63) is 6.33 Å². The summed E-state index contributed by atoms with van der Waals surface area (Å²) >= 11 is 0. The Labute approximate surface area is 112 Å². The third kappa shape index (κ3) is 1.94. The molecule has 1 aliphatic rings. The van der Waals surface area contributed by atoms with Crippen LogP contribution in [0.4, 0.5) is 10.3 Å². The summed E-state index contributed by atoms with van der Waals surface area (Å²) in [5.41, 5.74) is 6.05. The van der Waals surface area contributed by atoms with Crippen LogP contribution in [0.25, 0.3) is 11.2 Å². The normalized spacial score (nSPS) is 26.2. The number of nitrogen functional groups attached to an aromatic ring is 1. The molecule has 0 aliphatic carbocycles. The molecular formula is C10H13FN6O3. The molecule has 10 heteroatoms. The number of ether oxygens (including phenoxy) is 1. The van der Waals surface area contributed by atoms with Gasteiger partial charge in [-0.3, -0.25) is 4.57 Å². The average Bonchev–Trinajstić information content (AvgIpc) is 3.00. The number of aromatic nitrogens is 4. The van der Waals surface area contributed by atoms with E-state index < -0.39 is 18.5 Å². The first-order valence-corrected chi connectivity index (χ1v) is 5.91. The van der Waals surface area contributed by atoms with Crippen LogP contribution in [-0.4, -0.2) is 43.5 Å². The van der Waals surface area contributed by atoms with E-state index in [0.717, 1.165) is 0 Å². The molecule has 2 aromatic rings. The zero-order chi connectivity index (χ0) is 14.3. The number of hydrogen-bond donors (Lipinski definition) is 3. The molecule has 3 heterocycles. The van der Waals surface area contributed by atoms with Crippen LogP contribution in [0.15, 0.2) is 6.33 Å². The van der Waals surface area contributed by atoms with Crippen molar-refractivity contribution >= 4 is 17.1 Å². The number of fused-ring (bicyclic) bond motifs is 1. The summed E-state index contributed by atoms with van der Waals surface area (Å²) in [6.45, 7) is -0.252. The van der Waals surface area contributed by atoms with Crippen molar-refractivity contribution in [2.75, 3.05) is 12.3 Å². The molecule has 108 valence electrons. The molecule has 0 bridgehead atoms. The molecule has 1 aliphatic heterocycles. The van der Waals surface area contributed by atoms with Crippen molar-refractivity contribution in [1.82, 2.24) is 19.5 Å². The second-order valence-electron chi connectivity index (χ2n) is 4.41. The van der Waals surface area contributed by atoms with Gasteiger partial charge in [-0.1, -0.05) is 0 Å². The van der Waals surface area contributed by atoms with Gasteiger partial charge in [-0.25, -0.2) is 9.37 Å². The van der Waals surface area contributed by atoms with Crippen LogP contribution in [0.5, 0.6) is 5.88 Å². The van der Waals surface area contributed by atoms with Crippen LogP contribution in [0.1, 0.15) is 12.6 Å². The van der Waals surface area contributed by atoms with Crippen LogP contribution < -0.4 is 16.5 Å². The Morgan fingerprint density at radius 2 is 2.35 bits per heavy atom. The summed E-state index contributed by atoms with van der Waals surface area (Å²) in [5.74, 6) is 5.01. The van der Waals surface area contributed by atoms with Gasteiger partial charge in [-0.05, 0) is 0 Å². The maximum absolute atomic E-state index is 14.0. The molecule has 3 atom stereocenters. The molecule has 1 fully saturated rings. The Morgan fingerprint density at radius 1 is 1.55 bits per heavy atom. The van der Waals surface area contributed by atoms with Crippen LogP contribution in [0.3, 0.4) is 0 Å². The predicted octanol–water partition coefficient (Wildman–Crippen LogP) is -0.721. The first kappa shape index (κ1) is 13.0. The van der Waals surface area contributed by atoms with Crippen LogP contribution in [0, 0.1) is 0 Å². The van der Waals surface area contributed by atoms with E-state index in [1.807, 2.05) is 0 Å². The number of anilines is 1. The summed E-state index contributed by atoms with van der Waals surface area (Å²) in [6, 6.07) is 0. The van der Waals surface area contributed by atoms with Crippen molar-refractivity contribution in [3.63, 3.8) is 0 Å². The van der Waals surface area contributed by atoms with Gasteiger partial charge in [0.1, 0.15) is 6.17 Å². The van der Waals surface area contributed by atoms with Crippen molar-refractivity contribution in [1.29, 1.82) is 0 Å². The van der Waals surface area contributed by atoms with Crippen molar-refractivity contribution in [2.45, 2.75) is 24.9 Å². The fraction of sp³-hybridized carbons (Fsp3) is 0.500. The highest BCUT2D eigenvalue weighted by Gasteiger charge is 2.37. The van der Waals surface area contributed by atoms with Gasteiger partial charge in [0.05, 0.1) is 19.0 Å². The number of halogens is 1. The Bertz CT molecular complexity index is 635. The highest BCUT2D eigenvalue weighted by atomic mass is 19.1. The lowest BCUT2D eigenvalue weighted by molar-refractivity contribution is -0.0351. The SMILES string of the molecule is NOc1nc(N)nc2c1ncn2[C@@H]1O[C@H](CO)C[C@H]1F. The number of aliphatic hydroxyl groups excluding tert-OH is 1. The maximum atomic E-state index is 14.0. The number of aliphatic hydroxyl groups is 1. The Kier molecular flexibility index (Phi) is 3.12. The molecule has 0 amide bonds. The second-order valence-corrected chi connectivity index (χ2v) is 4.41. The molecule has 0 radical (unpaired) electrons. The van der Waals surface area contributed by atoms with Crippen molar-refractivity contribution in [3.8, 4) is 5.88 Å². The van der Waals surface area contributed by atoms with E-state index >= 15 is 0 Å². The molecule has 1 saturated heterocycles. The molecule has 0 aromatic carbocycles. The minimum Gasteiger partial charge on any atom is -0.394 e. The van der Waals surface area contributed by atoms with Gasteiger partial charge >= 0.3 is 0 Å². The van der Waals surface area contributed by atoms with E-state index in [9.17, 15) is 4.39 Å². The van der Waals surface area contributed by atoms with E-state index in [1.165, 1.54) is 10.9 Å². The molecule has 0 spiro atoms. The molecule has 2 aromatic heterocycles. The summed E-state index contributed by atoms with van der Waals surface area (Å²) < 4.78 is 20.8. The Morgan fingerprint density at radius 3 is 3.00 bits per heavy atom. The zero-order valence-electron chi connectivity index (χ0n) is 10.3. The van der Waals surface area contributed by atoms with E-state index in [1.54, 1.807) is 0 Å². The monoisotopic (exact) mass is 284 g/mol. The van der Waals surface area contributed by atoms with Gasteiger partial charge in [-0.15, -0.1) is 0 Å². The number of nitrogens with zero attached hydrogens (tertiary/aromatic N) is 4. The lowest BCUT2D eigenvalue weighted by atomic mass is 10.2. The van der Waals surface area contributed by atoms with Crippen LogP contribution in [-0.2, 0) is 4.74 Å². The predicted molar refractivity (Wildman–Crippen MR) is 65.1 cm³/mol. The number of hydrogen-bond acceptors (Lipinski definition) is 8. The highest BCUT2D eigenvalue weighted by Crippen LogP contribution is 2.34. The summed E-state index contributed by atoms with van der Waals surface area (Å²) in [5, 5.41) is 9.04. The fourth-order valence-corrected chi connectivity index (χ4v) is 2.24. The van der Waals surface area contributed by atoms with Gasteiger partial charge in [-0.2, -0.15) is 15.9 Å². The van der Waals surface area contributed by atoms with Gasteiger partial charge < -0.3 is 20.4 Å². The smallest absolute Gasteiger partial charge is 0.270 e. The summed E-state index contributed by atoms with van der Waals surface area (Å²) in [6.07, 6.45) is -1.34. The summed E-state index contributed by atoms with van der Waals surface area (Å²) in [4.78, 5) is 16.4. The Balaban J connectivity index is 2.07. The molecule has 3 rings (SSSR count). The van der Waals surface area contributed by atoms with Gasteiger partial charge in [0, 0.05) is 6.42 Å². The first-order chi connectivity index (χ1) is 9.63. The molecular weight excluding hydrogens is 271 g/mol. The molecule has 20 heavy (non-hydrogen) atoms. The van der Waals surface area contributed by atoms with E-state index in [-0.39, 0.29) is 36.0 Å². The van der Waals surface area contributed by atoms with E-state index in [0.29, 0.717) is 0 Å². The lowest BCUT2D eigenvalue weighted by Gasteiger charge is -2.15. The van der Waals surface area contributed by atoms with Crippen molar-refractivity contribution < 1.29 is 19.1 Å². The fourth-order valence-electron chi connectivity index (χ4n) is 2.24. The highest BCUT2D eigenvalue weighted by molar-refractivity contribution is 5.77. The minimum atomic E-state index is -1.29. The average molecular weight is 284 g/mol. The Hall–Kier alpha value is -2.04. The number of imidazole rings is 1. The van der Waals surface area contributed by atoms with Crippen LogP contribution >= 0.6 is 0 Å². The van der Waals surface area contributed by atoms with Gasteiger partial charge in [0.2, 0.25) is 5.95 Å². The topological polar surface area (TPSA) is 134 Å². The maximum Gasteiger partial charge on any atom is 0.270 e. The van der Waals surface area contributed by atoms with Crippen molar-refractivity contribution in [2.24, 2.45) is 5.90 Å². The first-order valence-electron chi connectivity index (χ1n) is 5.91. The number of alkyl halides is 1. The standard InChI is InChI=1S/C10H13FN6O3/c11-5-1-4(2-18)19-9(5)17-3-14-6-7(17)15-10(12)16-8(6)20-13/h3-5,9,18H,1-2,13H2,(H2,12,15,16)/t4-,5+,9+/m0/s1. The minimum absolute atomic E-state index is 0.00152. The van der Waals surface area contributed by atoms with Crippen LogP contribution in [0.2, 0.25) is 0 Å². The third-order valence-corrected chi connectivity index (χ3v) is 3.13. The molecule has 9 nitrogen and oxygen atoms in total. The summed E-state index contributed by atoms with van der Waals surface area (Å²) in [7, 11) is 0. The molecule has 0 unspecified atom stereocenters.